The molecule has 0 amide bonds. The van der Waals surface area contributed by atoms with Crippen molar-refractivity contribution in [3.05, 3.63) is 29.8 Å². The maximum Gasteiger partial charge on any atom is 0.0376 e. The minimum Gasteiger partial charge on any atom is -0.384 e. The molecule has 2 heterocycles. The van der Waals surface area contributed by atoms with E-state index in [2.05, 4.69) is 53.2 Å². The molecule has 2 aliphatic rings. The van der Waals surface area contributed by atoms with Crippen LogP contribution in [0.2, 0.25) is 0 Å². The van der Waals surface area contributed by atoms with Crippen LogP contribution in [0.1, 0.15) is 25.3 Å². The van der Waals surface area contributed by atoms with Crippen LogP contribution in [0.4, 0.5) is 5.69 Å². The van der Waals surface area contributed by atoms with Gasteiger partial charge in [-0.15, -0.1) is 0 Å². The van der Waals surface area contributed by atoms with Crippen molar-refractivity contribution in [2.75, 3.05) is 44.6 Å². The number of rotatable bonds is 3. The molecule has 0 bridgehead atoms. The lowest BCUT2D eigenvalue weighted by Crippen LogP contribution is -2.49. The predicted octanol–water partition coefficient (Wildman–Crippen LogP) is 2.22. The molecule has 2 aliphatic heterocycles. The second kappa shape index (κ2) is 5.51. The first-order valence-corrected chi connectivity index (χ1v) is 7.53. The summed E-state index contributed by atoms with van der Waals surface area (Å²) in [4.78, 5) is 5.21. The minimum atomic E-state index is 0.668. The van der Waals surface area contributed by atoms with Crippen LogP contribution >= 0.6 is 0 Å². The maximum absolute atomic E-state index is 3.53. The van der Waals surface area contributed by atoms with Gasteiger partial charge in [0, 0.05) is 56.9 Å². The lowest BCUT2D eigenvalue weighted by Gasteiger charge is -2.37. The van der Waals surface area contributed by atoms with Crippen LogP contribution in [0.25, 0.3) is 0 Å². The molecule has 3 nitrogen and oxygen atoms in total. The molecule has 1 unspecified atom stereocenters. The highest BCUT2D eigenvalue weighted by molar-refractivity contribution is 5.57. The highest BCUT2D eigenvalue weighted by Gasteiger charge is 2.26. The SMILES string of the molecule is CC(C)N1CCN(CC2CNc3ccccc32)CC1. The van der Waals surface area contributed by atoms with Gasteiger partial charge in [0.05, 0.1) is 0 Å². The molecular weight excluding hydrogens is 234 g/mol. The summed E-state index contributed by atoms with van der Waals surface area (Å²) in [5.74, 6) is 0.668. The smallest absolute Gasteiger partial charge is 0.0376 e. The predicted molar refractivity (Wildman–Crippen MR) is 80.8 cm³/mol. The fourth-order valence-corrected chi connectivity index (χ4v) is 3.29. The molecule has 3 rings (SSSR count). The molecule has 0 radical (unpaired) electrons. The van der Waals surface area contributed by atoms with E-state index in [1.165, 1.54) is 44.0 Å². The van der Waals surface area contributed by atoms with Gasteiger partial charge in [0.25, 0.3) is 0 Å². The van der Waals surface area contributed by atoms with Crippen molar-refractivity contribution >= 4 is 5.69 Å². The first-order valence-electron chi connectivity index (χ1n) is 7.53. The van der Waals surface area contributed by atoms with Crippen LogP contribution in [0.5, 0.6) is 0 Å². The van der Waals surface area contributed by atoms with Gasteiger partial charge in [-0.05, 0) is 25.5 Å². The highest BCUT2D eigenvalue weighted by Crippen LogP contribution is 2.31. The van der Waals surface area contributed by atoms with Crippen molar-refractivity contribution in [2.24, 2.45) is 0 Å². The van der Waals surface area contributed by atoms with Crippen molar-refractivity contribution in [1.82, 2.24) is 9.80 Å². The molecule has 1 aromatic rings. The van der Waals surface area contributed by atoms with Gasteiger partial charge in [-0.1, -0.05) is 18.2 Å². The minimum absolute atomic E-state index is 0.668. The number of hydrogen-bond donors (Lipinski definition) is 1. The quantitative estimate of drug-likeness (QED) is 0.898. The van der Waals surface area contributed by atoms with E-state index in [4.69, 9.17) is 0 Å². The number of anilines is 1. The van der Waals surface area contributed by atoms with E-state index in [0.717, 1.165) is 6.54 Å². The Labute approximate surface area is 116 Å². The summed E-state index contributed by atoms with van der Waals surface area (Å²) < 4.78 is 0. The van der Waals surface area contributed by atoms with Gasteiger partial charge in [-0.25, -0.2) is 0 Å². The number of piperazine rings is 1. The molecule has 0 aromatic heterocycles. The zero-order valence-corrected chi connectivity index (χ0v) is 12.1. The fraction of sp³-hybridized carbons (Fsp3) is 0.625. The van der Waals surface area contributed by atoms with Gasteiger partial charge in [0.2, 0.25) is 0 Å². The molecule has 1 saturated heterocycles. The summed E-state index contributed by atoms with van der Waals surface area (Å²) in [6.07, 6.45) is 0. The van der Waals surface area contributed by atoms with Crippen LogP contribution in [0.3, 0.4) is 0 Å². The van der Waals surface area contributed by atoms with Crippen LogP contribution in [-0.2, 0) is 0 Å². The second-order valence-corrected chi connectivity index (χ2v) is 6.10. The number of benzene rings is 1. The van der Waals surface area contributed by atoms with Crippen molar-refractivity contribution in [3.8, 4) is 0 Å². The summed E-state index contributed by atoms with van der Waals surface area (Å²) in [7, 11) is 0. The Hall–Kier alpha value is -1.06. The molecule has 0 aliphatic carbocycles. The standard InChI is InChI=1S/C16H25N3/c1-13(2)19-9-7-18(8-10-19)12-14-11-17-16-6-4-3-5-15(14)16/h3-6,13-14,17H,7-12H2,1-2H3. The molecule has 0 saturated carbocycles. The third-order valence-corrected chi connectivity index (χ3v) is 4.56. The number of fused-ring (bicyclic) bond motifs is 1. The van der Waals surface area contributed by atoms with Gasteiger partial charge in [-0.3, -0.25) is 4.90 Å². The molecule has 1 fully saturated rings. The summed E-state index contributed by atoms with van der Waals surface area (Å²) >= 11 is 0. The van der Waals surface area contributed by atoms with Gasteiger partial charge in [-0.2, -0.15) is 0 Å². The molecule has 0 spiro atoms. The van der Waals surface area contributed by atoms with Crippen molar-refractivity contribution in [3.63, 3.8) is 0 Å². The number of para-hydroxylation sites is 1. The van der Waals surface area contributed by atoms with Crippen LogP contribution in [0, 0.1) is 0 Å². The lowest BCUT2D eigenvalue weighted by atomic mass is 10.0. The fourth-order valence-electron chi connectivity index (χ4n) is 3.29. The molecule has 1 aromatic carbocycles. The Morgan fingerprint density at radius 2 is 1.89 bits per heavy atom. The first kappa shape index (κ1) is 12.9. The number of nitrogens with one attached hydrogen (secondary N) is 1. The van der Waals surface area contributed by atoms with Gasteiger partial charge in [0.15, 0.2) is 0 Å². The average Bonchev–Trinajstić information content (AvgIpc) is 2.83. The lowest BCUT2D eigenvalue weighted by molar-refractivity contribution is 0.105. The first-order chi connectivity index (χ1) is 9.24. The largest absolute Gasteiger partial charge is 0.384 e. The van der Waals surface area contributed by atoms with E-state index in [1.807, 2.05) is 0 Å². The molecular formula is C16H25N3. The normalized spacial score (nSPS) is 24.5. The average molecular weight is 259 g/mol. The molecule has 1 N–H and O–H groups in total. The summed E-state index contributed by atoms with van der Waals surface area (Å²) in [5.41, 5.74) is 2.85. The van der Waals surface area contributed by atoms with E-state index >= 15 is 0 Å². The molecule has 3 heteroatoms. The van der Waals surface area contributed by atoms with Crippen LogP contribution in [0.15, 0.2) is 24.3 Å². The van der Waals surface area contributed by atoms with Gasteiger partial charge >= 0.3 is 0 Å². The van der Waals surface area contributed by atoms with E-state index in [-0.39, 0.29) is 0 Å². The van der Waals surface area contributed by atoms with Crippen LogP contribution in [-0.4, -0.2) is 55.1 Å². The second-order valence-electron chi connectivity index (χ2n) is 6.10. The van der Waals surface area contributed by atoms with E-state index in [1.54, 1.807) is 0 Å². The monoisotopic (exact) mass is 259 g/mol. The van der Waals surface area contributed by atoms with Crippen molar-refractivity contribution in [2.45, 2.75) is 25.8 Å². The highest BCUT2D eigenvalue weighted by atomic mass is 15.3. The third-order valence-electron chi connectivity index (χ3n) is 4.56. The molecule has 19 heavy (non-hydrogen) atoms. The Balaban J connectivity index is 1.57. The molecule has 1 atom stereocenters. The number of hydrogen-bond acceptors (Lipinski definition) is 3. The maximum atomic E-state index is 3.53. The summed E-state index contributed by atoms with van der Waals surface area (Å²) in [6, 6.07) is 9.46. The van der Waals surface area contributed by atoms with Gasteiger partial charge < -0.3 is 10.2 Å². The zero-order valence-electron chi connectivity index (χ0n) is 12.1. The Bertz CT molecular complexity index is 422. The summed E-state index contributed by atoms with van der Waals surface area (Å²) in [5, 5.41) is 3.53. The van der Waals surface area contributed by atoms with E-state index < -0.39 is 0 Å². The number of nitrogens with zero attached hydrogens (tertiary/aromatic N) is 2. The Kier molecular flexibility index (Phi) is 3.76. The molecule has 104 valence electrons. The Morgan fingerprint density at radius 3 is 2.63 bits per heavy atom. The zero-order chi connectivity index (χ0) is 13.2. The third kappa shape index (κ3) is 2.77. The van der Waals surface area contributed by atoms with E-state index in [9.17, 15) is 0 Å². The topological polar surface area (TPSA) is 18.5 Å². The van der Waals surface area contributed by atoms with Crippen molar-refractivity contribution < 1.29 is 0 Å². The van der Waals surface area contributed by atoms with Gasteiger partial charge in [0.1, 0.15) is 0 Å². The van der Waals surface area contributed by atoms with E-state index in [0.29, 0.717) is 12.0 Å². The summed E-state index contributed by atoms with van der Waals surface area (Å²) in [6.45, 7) is 11.8. The van der Waals surface area contributed by atoms with Crippen molar-refractivity contribution in [1.29, 1.82) is 0 Å². The van der Waals surface area contributed by atoms with Crippen LogP contribution < -0.4 is 5.32 Å². The Morgan fingerprint density at radius 1 is 1.16 bits per heavy atom.